The molecule has 110 valence electrons. The van der Waals surface area contributed by atoms with Crippen LogP contribution in [0, 0.1) is 0 Å². The average Bonchev–Trinajstić information content (AvgIpc) is 2.37. The van der Waals surface area contributed by atoms with Gasteiger partial charge in [-0.2, -0.15) is 8.42 Å². The highest BCUT2D eigenvalue weighted by atomic mass is 32.2. The van der Waals surface area contributed by atoms with E-state index in [1.54, 1.807) is 13.8 Å². The number of benzene rings is 1. The molecule has 0 aliphatic carbocycles. The first-order valence-corrected chi connectivity index (χ1v) is 7.21. The van der Waals surface area contributed by atoms with Crippen molar-refractivity contribution in [3.8, 4) is 0 Å². The van der Waals surface area contributed by atoms with E-state index >= 15 is 0 Å². The van der Waals surface area contributed by atoms with Crippen molar-refractivity contribution in [2.75, 3.05) is 13.2 Å². The van der Waals surface area contributed by atoms with E-state index < -0.39 is 38.1 Å². The molecular formula is C12H14O7S. The van der Waals surface area contributed by atoms with E-state index in [0.29, 0.717) is 0 Å². The fourth-order valence-corrected chi connectivity index (χ4v) is 2.41. The minimum absolute atomic E-state index is 0.0212. The minimum atomic E-state index is -4.79. The first-order chi connectivity index (χ1) is 9.32. The molecule has 0 saturated heterocycles. The van der Waals surface area contributed by atoms with Crippen molar-refractivity contribution in [2.24, 2.45) is 0 Å². The zero-order valence-electron chi connectivity index (χ0n) is 11.0. The molecule has 1 rings (SSSR count). The summed E-state index contributed by atoms with van der Waals surface area (Å²) in [7, 11) is -4.79. The zero-order valence-corrected chi connectivity index (χ0v) is 11.8. The van der Waals surface area contributed by atoms with E-state index in [4.69, 9.17) is 9.47 Å². The van der Waals surface area contributed by atoms with Gasteiger partial charge in [-0.25, -0.2) is 9.59 Å². The predicted octanol–water partition coefficient (Wildman–Crippen LogP) is 1.29. The largest absolute Gasteiger partial charge is 0.462 e. The van der Waals surface area contributed by atoms with Gasteiger partial charge in [0.15, 0.2) is 0 Å². The molecule has 0 unspecified atom stereocenters. The third kappa shape index (κ3) is 3.55. The maximum Gasteiger partial charge on any atom is 0.339 e. The van der Waals surface area contributed by atoms with Crippen LogP contribution in [0.25, 0.3) is 0 Å². The average molecular weight is 302 g/mol. The molecule has 0 aliphatic heterocycles. The topological polar surface area (TPSA) is 107 Å². The van der Waals surface area contributed by atoms with Gasteiger partial charge in [-0.15, -0.1) is 0 Å². The van der Waals surface area contributed by atoms with Gasteiger partial charge in [-0.3, -0.25) is 4.55 Å². The monoisotopic (exact) mass is 302 g/mol. The summed E-state index contributed by atoms with van der Waals surface area (Å²) in [6, 6.07) is 3.58. The number of carbonyl (C=O) groups is 2. The molecular weight excluding hydrogens is 288 g/mol. The summed E-state index contributed by atoms with van der Waals surface area (Å²) in [6.07, 6.45) is 0. The Kier molecular flexibility index (Phi) is 5.23. The van der Waals surface area contributed by atoms with Crippen LogP contribution in [0.15, 0.2) is 23.1 Å². The van der Waals surface area contributed by atoms with Gasteiger partial charge in [-0.1, -0.05) is 6.07 Å². The lowest BCUT2D eigenvalue weighted by Crippen LogP contribution is -2.17. The molecule has 7 nitrogen and oxygen atoms in total. The molecule has 0 aromatic heterocycles. The summed E-state index contributed by atoms with van der Waals surface area (Å²) in [6.45, 7) is 3.13. The van der Waals surface area contributed by atoms with Crippen molar-refractivity contribution < 1.29 is 32.0 Å². The lowest BCUT2D eigenvalue weighted by molar-refractivity contribution is 0.0515. The molecule has 1 N–H and O–H groups in total. The van der Waals surface area contributed by atoms with Gasteiger partial charge < -0.3 is 9.47 Å². The molecule has 8 heteroatoms. The van der Waals surface area contributed by atoms with Crippen LogP contribution in [-0.2, 0) is 19.6 Å². The molecule has 0 saturated carbocycles. The molecule has 0 heterocycles. The molecule has 0 aliphatic rings. The van der Waals surface area contributed by atoms with Crippen LogP contribution in [-0.4, -0.2) is 38.1 Å². The first-order valence-electron chi connectivity index (χ1n) is 5.77. The van der Waals surface area contributed by atoms with Gasteiger partial charge in [0.1, 0.15) is 4.90 Å². The SMILES string of the molecule is CCOC(=O)c1cccc(C(=O)OCC)c1S(=O)(=O)O. The van der Waals surface area contributed by atoms with Crippen molar-refractivity contribution in [3.63, 3.8) is 0 Å². The fraction of sp³-hybridized carbons (Fsp3) is 0.333. The van der Waals surface area contributed by atoms with Crippen LogP contribution >= 0.6 is 0 Å². The van der Waals surface area contributed by atoms with Gasteiger partial charge in [-0.05, 0) is 26.0 Å². The number of hydrogen-bond acceptors (Lipinski definition) is 6. The van der Waals surface area contributed by atoms with Gasteiger partial charge in [0.25, 0.3) is 10.1 Å². The quantitative estimate of drug-likeness (QED) is 0.645. The summed E-state index contributed by atoms with van der Waals surface area (Å²) >= 11 is 0. The first kappa shape index (κ1) is 16.1. The molecule has 1 aromatic rings. The third-order valence-electron chi connectivity index (χ3n) is 2.26. The van der Waals surface area contributed by atoms with Crippen molar-refractivity contribution in [1.29, 1.82) is 0 Å². The normalized spacial score (nSPS) is 10.9. The lowest BCUT2D eigenvalue weighted by atomic mass is 10.1. The Bertz CT molecular complexity index is 582. The van der Waals surface area contributed by atoms with Crippen LogP contribution in [0.5, 0.6) is 0 Å². The van der Waals surface area contributed by atoms with Crippen molar-refractivity contribution in [3.05, 3.63) is 29.3 Å². The molecule has 20 heavy (non-hydrogen) atoms. The highest BCUT2D eigenvalue weighted by Crippen LogP contribution is 2.22. The molecule has 0 atom stereocenters. The number of esters is 2. The maximum atomic E-state index is 11.7. The van der Waals surface area contributed by atoms with Crippen molar-refractivity contribution in [1.82, 2.24) is 0 Å². The standard InChI is InChI=1S/C12H14O7S/c1-3-18-11(13)8-6-5-7-9(12(14)19-4-2)10(8)20(15,16)17/h5-7H,3-4H2,1-2H3,(H,15,16,17). The molecule has 0 radical (unpaired) electrons. The number of carbonyl (C=O) groups excluding carboxylic acids is 2. The summed E-state index contributed by atoms with van der Waals surface area (Å²) in [5, 5.41) is 0. The second kappa shape index (κ2) is 6.49. The lowest BCUT2D eigenvalue weighted by Gasteiger charge is -2.10. The highest BCUT2D eigenvalue weighted by molar-refractivity contribution is 7.86. The van der Waals surface area contributed by atoms with Crippen LogP contribution in [0.1, 0.15) is 34.6 Å². The summed E-state index contributed by atoms with van der Waals surface area (Å²) in [5.41, 5.74) is -0.834. The van der Waals surface area contributed by atoms with E-state index in [0.717, 1.165) is 12.1 Å². The Morgan fingerprint density at radius 1 is 1.05 bits per heavy atom. The Hall–Kier alpha value is -1.93. The van der Waals surface area contributed by atoms with E-state index in [2.05, 4.69) is 0 Å². The molecule has 1 aromatic carbocycles. The molecule has 0 fully saturated rings. The van der Waals surface area contributed by atoms with E-state index in [1.807, 2.05) is 0 Å². The maximum absolute atomic E-state index is 11.7. The van der Waals surface area contributed by atoms with Crippen molar-refractivity contribution >= 4 is 22.1 Å². The van der Waals surface area contributed by atoms with Crippen molar-refractivity contribution in [2.45, 2.75) is 18.7 Å². The number of rotatable bonds is 5. The predicted molar refractivity (Wildman–Crippen MR) is 68.2 cm³/mol. The van der Waals surface area contributed by atoms with Gasteiger partial charge >= 0.3 is 11.9 Å². The summed E-state index contributed by atoms with van der Waals surface area (Å²) in [5.74, 6) is -1.91. The number of hydrogen-bond donors (Lipinski definition) is 1. The third-order valence-corrected chi connectivity index (χ3v) is 3.22. The second-order valence-electron chi connectivity index (χ2n) is 3.60. The van der Waals surface area contributed by atoms with Crippen LogP contribution in [0.2, 0.25) is 0 Å². The van der Waals surface area contributed by atoms with Crippen LogP contribution in [0.4, 0.5) is 0 Å². The number of ether oxygens (including phenoxy) is 2. The van der Waals surface area contributed by atoms with Gasteiger partial charge in [0.2, 0.25) is 0 Å². The zero-order chi connectivity index (χ0) is 15.3. The Morgan fingerprint density at radius 3 is 1.75 bits per heavy atom. The van der Waals surface area contributed by atoms with E-state index in [-0.39, 0.29) is 13.2 Å². The minimum Gasteiger partial charge on any atom is -0.462 e. The highest BCUT2D eigenvalue weighted by Gasteiger charge is 2.28. The van der Waals surface area contributed by atoms with E-state index in [9.17, 15) is 22.6 Å². The summed E-state index contributed by atoms with van der Waals surface area (Å²) in [4.78, 5) is 22.6. The molecule has 0 amide bonds. The summed E-state index contributed by atoms with van der Waals surface area (Å²) < 4.78 is 41.5. The fourth-order valence-electron chi connectivity index (χ4n) is 1.55. The Labute approximate surface area is 116 Å². The van der Waals surface area contributed by atoms with Crippen LogP contribution in [0.3, 0.4) is 0 Å². The van der Waals surface area contributed by atoms with E-state index in [1.165, 1.54) is 6.07 Å². The molecule has 0 bridgehead atoms. The molecule has 0 spiro atoms. The van der Waals surface area contributed by atoms with Gasteiger partial charge in [0, 0.05) is 0 Å². The Balaban J connectivity index is 3.51. The smallest absolute Gasteiger partial charge is 0.339 e. The Morgan fingerprint density at radius 2 is 1.45 bits per heavy atom. The van der Waals surface area contributed by atoms with Gasteiger partial charge in [0.05, 0.1) is 24.3 Å². The van der Waals surface area contributed by atoms with Crippen LogP contribution < -0.4 is 0 Å². The second-order valence-corrected chi connectivity index (χ2v) is 4.96.